The molecule has 0 aliphatic rings. The number of rotatable bonds is 7. The van der Waals surface area contributed by atoms with Gasteiger partial charge in [-0.05, 0) is 63.1 Å². The molecule has 0 bridgehead atoms. The molecular formula is C21H26N2O3. The molecule has 0 heterocycles. The number of benzene rings is 2. The van der Waals surface area contributed by atoms with Gasteiger partial charge < -0.3 is 15.4 Å². The van der Waals surface area contributed by atoms with Crippen molar-refractivity contribution in [2.75, 3.05) is 5.32 Å². The number of ether oxygens (including phenoxy) is 1. The van der Waals surface area contributed by atoms with Crippen LogP contribution in [-0.4, -0.2) is 24.0 Å². The fourth-order valence-corrected chi connectivity index (χ4v) is 2.34. The van der Waals surface area contributed by atoms with Crippen molar-refractivity contribution in [1.82, 2.24) is 5.32 Å². The van der Waals surface area contributed by atoms with Crippen molar-refractivity contribution in [3.05, 3.63) is 59.7 Å². The zero-order valence-electron chi connectivity index (χ0n) is 15.7. The molecule has 26 heavy (non-hydrogen) atoms. The third-order valence-electron chi connectivity index (χ3n) is 4.05. The summed E-state index contributed by atoms with van der Waals surface area (Å²) in [6.45, 7) is 7.62. The van der Waals surface area contributed by atoms with Crippen LogP contribution in [0.2, 0.25) is 0 Å². The standard InChI is InChI=1S/C21H26N2O3/c1-5-15(3)22-21(25)17-9-7-10-18(13-17)23-20(24)16(4)26-19-11-6-8-14(2)12-19/h6-13,15-16H,5H2,1-4H3,(H,22,25)(H,23,24). The number of amides is 2. The first kappa shape index (κ1) is 19.5. The predicted octanol–water partition coefficient (Wildman–Crippen LogP) is 3.93. The average Bonchev–Trinajstić information content (AvgIpc) is 2.61. The van der Waals surface area contributed by atoms with E-state index in [4.69, 9.17) is 4.74 Å². The second-order valence-corrected chi connectivity index (χ2v) is 6.43. The van der Waals surface area contributed by atoms with Gasteiger partial charge in [-0.15, -0.1) is 0 Å². The van der Waals surface area contributed by atoms with Crippen molar-refractivity contribution in [3.63, 3.8) is 0 Å². The van der Waals surface area contributed by atoms with Gasteiger partial charge in [-0.3, -0.25) is 9.59 Å². The molecule has 2 unspecified atom stereocenters. The highest BCUT2D eigenvalue weighted by atomic mass is 16.5. The molecule has 0 radical (unpaired) electrons. The normalized spacial score (nSPS) is 12.8. The van der Waals surface area contributed by atoms with Gasteiger partial charge in [0.15, 0.2) is 6.10 Å². The topological polar surface area (TPSA) is 67.4 Å². The summed E-state index contributed by atoms with van der Waals surface area (Å²) in [5, 5.41) is 5.71. The number of carbonyl (C=O) groups excluding carboxylic acids is 2. The van der Waals surface area contributed by atoms with Crippen LogP contribution in [0.1, 0.15) is 43.1 Å². The van der Waals surface area contributed by atoms with Crippen molar-refractivity contribution in [2.45, 2.75) is 46.3 Å². The Hall–Kier alpha value is -2.82. The SMILES string of the molecule is CCC(C)NC(=O)c1cccc(NC(=O)C(C)Oc2cccc(C)c2)c1. The lowest BCUT2D eigenvalue weighted by Crippen LogP contribution is -2.32. The van der Waals surface area contributed by atoms with E-state index in [-0.39, 0.29) is 17.9 Å². The highest BCUT2D eigenvalue weighted by Crippen LogP contribution is 2.16. The van der Waals surface area contributed by atoms with Gasteiger partial charge in [0, 0.05) is 17.3 Å². The van der Waals surface area contributed by atoms with Gasteiger partial charge in [0.2, 0.25) is 0 Å². The minimum Gasteiger partial charge on any atom is -0.481 e. The summed E-state index contributed by atoms with van der Waals surface area (Å²) in [5.74, 6) is 0.222. The molecule has 0 fully saturated rings. The molecule has 2 aromatic rings. The van der Waals surface area contributed by atoms with Crippen LogP contribution in [0.25, 0.3) is 0 Å². The fourth-order valence-electron chi connectivity index (χ4n) is 2.34. The summed E-state index contributed by atoms with van der Waals surface area (Å²) >= 11 is 0. The number of hydrogen-bond acceptors (Lipinski definition) is 3. The Morgan fingerprint density at radius 2 is 1.81 bits per heavy atom. The average molecular weight is 354 g/mol. The summed E-state index contributed by atoms with van der Waals surface area (Å²) < 4.78 is 5.68. The Kier molecular flexibility index (Phi) is 6.78. The van der Waals surface area contributed by atoms with E-state index >= 15 is 0 Å². The van der Waals surface area contributed by atoms with E-state index in [2.05, 4.69) is 10.6 Å². The molecule has 0 aliphatic carbocycles. The van der Waals surface area contributed by atoms with Crippen LogP contribution in [0.4, 0.5) is 5.69 Å². The van der Waals surface area contributed by atoms with Crippen LogP contribution in [0, 0.1) is 6.92 Å². The van der Waals surface area contributed by atoms with Crippen molar-refractivity contribution in [3.8, 4) is 5.75 Å². The van der Waals surface area contributed by atoms with Gasteiger partial charge in [-0.1, -0.05) is 25.1 Å². The summed E-state index contributed by atoms with van der Waals surface area (Å²) in [5.41, 5.74) is 2.14. The zero-order chi connectivity index (χ0) is 19.1. The smallest absolute Gasteiger partial charge is 0.265 e. The summed E-state index contributed by atoms with van der Waals surface area (Å²) in [4.78, 5) is 24.6. The van der Waals surface area contributed by atoms with E-state index in [9.17, 15) is 9.59 Å². The quantitative estimate of drug-likeness (QED) is 0.792. The van der Waals surface area contributed by atoms with E-state index in [0.717, 1.165) is 12.0 Å². The molecule has 2 N–H and O–H groups in total. The monoisotopic (exact) mass is 354 g/mol. The van der Waals surface area contributed by atoms with Gasteiger partial charge in [-0.2, -0.15) is 0 Å². The van der Waals surface area contributed by atoms with Crippen molar-refractivity contribution >= 4 is 17.5 Å². The zero-order valence-corrected chi connectivity index (χ0v) is 15.7. The molecule has 2 atom stereocenters. The third kappa shape index (κ3) is 5.62. The van der Waals surface area contributed by atoms with Crippen LogP contribution < -0.4 is 15.4 Å². The van der Waals surface area contributed by atoms with Crippen LogP contribution >= 0.6 is 0 Å². The molecular weight excluding hydrogens is 328 g/mol. The van der Waals surface area contributed by atoms with Crippen molar-refractivity contribution in [1.29, 1.82) is 0 Å². The lowest BCUT2D eigenvalue weighted by molar-refractivity contribution is -0.122. The number of aryl methyl sites for hydroxylation is 1. The minimum absolute atomic E-state index is 0.100. The molecule has 0 spiro atoms. The summed E-state index contributed by atoms with van der Waals surface area (Å²) in [6.07, 6.45) is 0.199. The van der Waals surface area contributed by atoms with Crippen LogP contribution in [0.5, 0.6) is 5.75 Å². The Bertz CT molecular complexity index is 773. The Morgan fingerprint density at radius 3 is 2.50 bits per heavy atom. The largest absolute Gasteiger partial charge is 0.481 e. The molecule has 138 valence electrons. The number of hydrogen-bond donors (Lipinski definition) is 2. The molecule has 2 aromatic carbocycles. The lowest BCUT2D eigenvalue weighted by Gasteiger charge is -2.16. The Labute approximate surface area is 154 Å². The van der Waals surface area contributed by atoms with E-state index in [1.165, 1.54) is 0 Å². The van der Waals surface area contributed by atoms with Crippen LogP contribution in [0.15, 0.2) is 48.5 Å². The summed E-state index contributed by atoms with van der Waals surface area (Å²) in [7, 11) is 0. The highest BCUT2D eigenvalue weighted by molar-refractivity contribution is 5.98. The minimum atomic E-state index is -0.658. The molecule has 5 nitrogen and oxygen atoms in total. The molecule has 0 aromatic heterocycles. The first-order valence-corrected chi connectivity index (χ1v) is 8.84. The summed E-state index contributed by atoms with van der Waals surface area (Å²) in [6, 6.07) is 14.5. The van der Waals surface area contributed by atoms with Gasteiger partial charge in [0.1, 0.15) is 5.75 Å². The number of nitrogens with one attached hydrogen (secondary N) is 2. The van der Waals surface area contributed by atoms with Gasteiger partial charge >= 0.3 is 0 Å². The highest BCUT2D eigenvalue weighted by Gasteiger charge is 2.16. The maximum atomic E-state index is 12.4. The molecule has 0 saturated heterocycles. The Morgan fingerprint density at radius 1 is 1.08 bits per heavy atom. The predicted molar refractivity (Wildman–Crippen MR) is 104 cm³/mol. The number of carbonyl (C=O) groups is 2. The molecule has 2 rings (SSSR count). The molecule has 0 saturated carbocycles. The third-order valence-corrected chi connectivity index (χ3v) is 4.05. The Balaban J connectivity index is 2.00. The van der Waals surface area contributed by atoms with Crippen LogP contribution in [0.3, 0.4) is 0 Å². The van der Waals surface area contributed by atoms with Crippen molar-refractivity contribution < 1.29 is 14.3 Å². The second-order valence-electron chi connectivity index (χ2n) is 6.43. The van der Waals surface area contributed by atoms with Crippen molar-refractivity contribution in [2.24, 2.45) is 0 Å². The second kappa shape index (κ2) is 9.04. The maximum absolute atomic E-state index is 12.4. The van der Waals surface area contributed by atoms with Gasteiger partial charge in [0.25, 0.3) is 11.8 Å². The van der Waals surface area contributed by atoms with E-state index in [1.807, 2.05) is 45.0 Å². The fraction of sp³-hybridized carbons (Fsp3) is 0.333. The van der Waals surface area contributed by atoms with Gasteiger partial charge in [-0.25, -0.2) is 0 Å². The van der Waals surface area contributed by atoms with E-state index in [1.54, 1.807) is 31.2 Å². The van der Waals surface area contributed by atoms with Gasteiger partial charge in [0.05, 0.1) is 0 Å². The molecule has 0 aliphatic heterocycles. The first-order valence-electron chi connectivity index (χ1n) is 8.84. The van der Waals surface area contributed by atoms with E-state index < -0.39 is 6.10 Å². The van der Waals surface area contributed by atoms with E-state index in [0.29, 0.717) is 17.0 Å². The molecule has 5 heteroatoms. The molecule has 2 amide bonds. The van der Waals surface area contributed by atoms with Crippen LogP contribution in [-0.2, 0) is 4.79 Å². The lowest BCUT2D eigenvalue weighted by atomic mass is 10.1. The maximum Gasteiger partial charge on any atom is 0.265 e. The number of anilines is 1. The first-order chi connectivity index (χ1) is 12.4.